The standard InChI is InChI=1S/C21H24FN3O3S/c22-16-5-11-19(12-6-16)29(27,28)25-15-3-4-20(25)21(26)23-17-7-9-18(10-8-17)24-13-1-2-14-24/h5-12,20H,1-4,13-15H2,(H,23,26). The molecule has 0 aliphatic carbocycles. The largest absolute Gasteiger partial charge is 0.372 e. The van der Waals surface area contributed by atoms with Crippen molar-refractivity contribution in [2.24, 2.45) is 0 Å². The van der Waals surface area contributed by atoms with E-state index in [4.69, 9.17) is 0 Å². The zero-order chi connectivity index (χ0) is 20.4. The van der Waals surface area contributed by atoms with Crippen molar-refractivity contribution in [3.05, 3.63) is 54.3 Å². The molecule has 0 spiro atoms. The lowest BCUT2D eigenvalue weighted by Gasteiger charge is -2.23. The van der Waals surface area contributed by atoms with Gasteiger partial charge in [-0.15, -0.1) is 0 Å². The molecule has 1 unspecified atom stereocenters. The molecule has 0 aromatic heterocycles. The van der Waals surface area contributed by atoms with E-state index in [1.807, 2.05) is 24.3 Å². The van der Waals surface area contributed by atoms with Gasteiger partial charge in [0.1, 0.15) is 11.9 Å². The molecule has 2 aliphatic heterocycles. The summed E-state index contributed by atoms with van der Waals surface area (Å²) in [5.74, 6) is -0.848. The zero-order valence-electron chi connectivity index (χ0n) is 16.1. The number of nitrogens with one attached hydrogen (secondary N) is 1. The van der Waals surface area contributed by atoms with Gasteiger partial charge in [-0.05, 0) is 74.2 Å². The third kappa shape index (κ3) is 4.13. The highest BCUT2D eigenvalue weighted by Gasteiger charge is 2.39. The van der Waals surface area contributed by atoms with E-state index in [2.05, 4.69) is 10.2 Å². The van der Waals surface area contributed by atoms with Crippen LogP contribution in [0.4, 0.5) is 15.8 Å². The predicted octanol–water partition coefficient (Wildman–Crippen LogP) is 3.22. The maximum Gasteiger partial charge on any atom is 0.243 e. The van der Waals surface area contributed by atoms with Crippen LogP contribution in [-0.2, 0) is 14.8 Å². The number of carbonyl (C=O) groups is 1. The van der Waals surface area contributed by atoms with Crippen molar-refractivity contribution in [3.63, 3.8) is 0 Å². The minimum absolute atomic E-state index is 0.00596. The summed E-state index contributed by atoms with van der Waals surface area (Å²) in [5.41, 5.74) is 1.77. The first-order chi connectivity index (χ1) is 13.9. The number of amides is 1. The Labute approximate surface area is 170 Å². The normalized spacial score (nSPS) is 20.2. The van der Waals surface area contributed by atoms with Gasteiger partial charge in [-0.2, -0.15) is 4.31 Å². The molecule has 6 nitrogen and oxygen atoms in total. The van der Waals surface area contributed by atoms with Crippen LogP contribution < -0.4 is 10.2 Å². The first-order valence-corrected chi connectivity index (χ1v) is 11.3. The second-order valence-electron chi connectivity index (χ2n) is 7.46. The molecule has 2 saturated heterocycles. The van der Waals surface area contributed by atoms with Crippen molar-refractivity contribution in [1.82, 2.24) is 4.31 Å². The quantitative estimate of drug-likeness (QED) is 0.811. The molecule has 1 N–H and O–H groups in total. The number of benzene rings is 2. The fourth-order valence-corrected chi connectivity index (χ4v) is 5.64. The van der Waals surface area contributed by atoms with Gasteiger partial charge in [0.25, 0.3) is 0 Å². The van der Waals surface area contributed by atoms with Gasteiger partial charge < -0.3 is 10.2 Å². The minimum atomic E-state index is -3.86. The van der Waals surface area contributed by atoms with E-state index in [1.165, 1.54) is 29.3 Å². The summed E-state index contributed by atoms with van der Waals surface area (Å²) in [4.78, 5) is 15.1. The molecule has 2 fully saturated rings. The number of sulfonamides is 1. The van der Waals surface area contributed by atoms with E-state index in [-0.39, 0.29) is 17.3 Å². The summed E-state index contributed by atoms with van der Waals surface area (Å²) in [6.07, 6.45) is 3.45. The smallest absolute Gasteiger partial charge is 0.243 e. The molecular formula is C21H24FN3O3S. The molecule has 0 saturated carbocycles. The van der Waals surface area contributed by atoms with E-state index in [0.717, 1.165) is 30.9 Å². The van der Waals surface area contributed by atoms with Crippen LogP contribution >= 0.6 is 0 Å². The number of hydrogen-bond donors (Lipinski definition) is 1. The van der Waals surface area contributed by atoms with Gasteiger partial charge in [0.05, 0.1) is 4.90 Å². The SMILES string of the molecule is O=C(Nc1ccc(N2CCCC2)cc1)C1CCCN1S(=O)(=O)c1ccc(F)cc1. The molecule has 2 aliphatic rings. The van der Waals surface area contributed by atoms with Crippen molar-refractivity contribution in [3.8, 4) is 0 Å². The first kappa shape index (κ1) is 19.8. The van der Waals surface area contributed by atoms with Gasteiger partial charge in [0.2, 0.25) is 15.9 Å². The molecule has 2 aromatic carbocycles. The fraction of sp³-hybridized carbons (Fsp3) is 0.381. The Morgan fingerprint density at radius 2 is 1.59 bits per heavy atom. The maximum absolute atomic E-state index is 13.2. The Balaban J connectivity index is 1.47. The minimum Gasteiger partial charge on any atom is -0.372 e. The summed E-state index contributed by atoms with van der Waals surface area (Å²) >= 11 is 0. The van der Waals surface area contributed by atoms with E-state index < -0.39 is 21.9 Å². The predicted molar refractivity (Wildman–Crippen MR) is 110 cm³/mol. The van der Waals surface area contributed by atoms with Gasteiger partial charge >= 0.3 is 0 Å². The average Bonchev–Trinajstić information content (AvgIpc) is 3.41. The summed E-state index contributed by atoms with van der Waals surface area (Å²) in [6.45, 7) is 2.36. The van der Waals surface area contributed by atoms with Gasteiger partial charge in [-0.25, -0.2) is 12.8 Å². The molecule has 29 heavy (non-hydrogen) atoms. The van der Waals surface area contributed by atoms with Gasteiger partial charge in [0.15, 0.2) is 0 Å². The fourth-order valence-electron chi connectivity index (χ4n) is 3.99. The highest BCUT2D eigenvalue weighted by molar-refractivity contribution is 7.89. The number of nitrogens with zero attached hydrogens (tertiary/aromatic N) is 2. The monoisotopic (exact) mass is 417 g/mol. The van der Waals surface area contributed by atoms with Crippen LogP contribution in [-0.4, -0.2) is 44.3 Å². The average molecular weight is 418 g/mol. The third-order valence-corrected chi connectivity index (χ3v) is 7.46. The van der Waals surface area contributed by atoms with Crippen molar-refractivity contribution in [1.29, 1.82) is 0 Å². The van der Waals surface area contributed by atoms with E-state index >= 15 is 0 Å². The van der Waals surface area contributed by atoms with E-state index in [0.29, 0.717) is 18.5 Å². The molecule has 0 bridgehead atoms. The molecule has 1 amide bonds. The number of anilines is 2. The number of hydrogen-bond acceptors (Lipinski definition) is 4. The Morgan fingerprint density at radius 1 is 0.931 bits per heavy atom. The molecule has 2 aromatic rings. The van der Waals surface area contributed by atoms with Crippen molar-refractivity contribution >= 4 is 27.3 Å². The number of rotatable bonds is 5. The summed E-state index contributed by atoms with van der Waals surface area (Å²) < 4.78 is 40.2. The zero-order valence-corrected chi connectivity index (χ0v) is 16.9. The van der Waals surface area contributed by atoms with Crippen LogP contribution in [0.15, 0.2) is 53.4 Å². The number of carbonyl (C=O) groups excluding carboxylic acids is 1. The van der Waals surface area contributed by atoms with E-state index in [1.54, 1.807) is 0 Å². The second-order valence-corrected chi connectivity index (χ2v) is 9.35. The Bertz CT molecular complexity index is 971. The maximum atomic E-state index is 13.2. The molecular weight excluding hydrogens is 393 g/mol. The van der Waals surface area contributed by atoms with Crippen molar-refractivity contribution < 1.29 is 17.6 Å². The lowest BCUT2D eigenvalue weighted by molar-refractivity contribution is -0.119. The molecule has 1 atom stereocenters. The van der Waals surface area contributed by atoms with Crippen LogP contribution in [0.25, 0.3) is 0 Å². The Morgan fingerprint density at radius 3 is 2.24 bits per heavy atom. The highest BCUT2D eigenvalue weighted by atomic mass is 32.2. The molecule has 2 heterocycles. The van der Waals surface area contributed by atoms with Crippen LogP contribution in [0.3, 0.4) is 0 Å². The molecule has 0 radical (unpaired) electrons. The van der Waals surface area contributed by atoms with E-state index in [9.17, 15) is 17.6 Å². The lowest BCUT2D eigenvalue weighted by Crippen LogP contribution is -2.43. The Hall–Kier alpha value is -2.45. The van der Waals surface area contributed by atoms with Crippen LogP contribution in [0, 0.1) is 5.82 Å². The first-order valence-electron chi connectivity index (χ1n) is 9.88. The summed E-state index contributed by atoms with van der Waals surface area (Å²) in [6, 6.07) is 11.6. The van der Waals surface area contributed by atoms with Crippen LogP contribution in [0.1, 0.15) is 25.7 Å². The van der Waals surface area contributed by atoms with Gasteiger partial charge in [-0.1, -0.05) is 0 Å². The van der Waals surface area contributed by atoms with Crippen LogP contribution in [0.2, 0.25) is 0 Å². The molecule has 4 rings (SSSR count). The topological polar surface area (TPSA) is 69.7 Å². The second kappa shape index (κ2) is 8.12. The Kier molecular flexibility index (Phi) is 5.56. The molecule has 154 valence electrons. The highest BCUT2D eigenvalue weighted by Crippen LogP contribution is 2.28. The van der Waals surface area contributed by atoms with Gasteiger partial charge in [0, 0.05) is 31.0 Å². The lowest BCUT2D eigenvalue weighted by atomic mass is 10.2. The van der Waals surface area contributed by atoms with Crippen molar-refractivity contribution in [2.45, 2.75) is 36.6 Å². The van der Waals surface area contributed by atoms with Gasteiger partial charge in [-0.3, -0.25) is 4.79 Å². The summed E-state index contributed by atoms with van der Waals surface area (Å²) in [7, 11) is -3.86. The van der Waals surface area contributed by atoms with Crippen molar-refractivity contribution in [2.75, 3.05) is 29.9 Å². The molecule has 8 heteroatoms. The summed E-state index contributed by atoms with van der Waals surface area (Å²) in [5, 5.41) is 2.84. The third-order valence-electron chi connectivity index (χ3n) is 5.53. The van der Waals surface area contributed by atoms with Crippen LogP contribution in [0.5, 0.6) is 0 Å². The number of halogens is 1.